The summed E-state index contributed by atoms with van der Waals surface area (Å²) >= 11 is 5.57. The van der Waals surface area contributed by atoms with Crippen LogP contribution in [0.2, 0.25) is 0 Å². The van der Waals surface area contributed by atoms with Crippen molar-refractivity contribution >= 4 is 23.0 Å². The normalized spacial score (nSPS) is 12.9. The van der Waals surface area contributed by atoms with Crippen LogP contribution in [-0.4, -0.2) is 17.3 Å². The molecule has 0 N–H and O–H groups in total. The maximum atomic E-state index is 12.2. The summed E-state index contributed by atoms with van der Waals surface area (Å²) in [4.78, 5) is 0.641. The topological polar surface area (TPSA) is 47.7 Å². The van der Waals surface area contributed by atoms with Gasteiger partial charge in [0.2, 0.25) is 5.69 Å². The highest BCUT2D eigenvalue weighted by atomic mass is 35.5. The molecule has 2 aromatic rings. The lowest BCUT2D eigenvalue weighted by molar-refractivity contribution is -0.435. The number of halogens is 1. The highest BCUT2D eigenvalue weighted by molar-refractivity contribution is 6.18. The van der Waals surface area contributed by atoms with Crippen molar-refractivity contribution in [2.75, 3.05) is 12.5 Å². The predicted octanol–water partition coefficient (Wildman–Crippen LogP) is 5.82. The summed E-state index contributed by atoms with van der Waals surface area (Å²) in [6.07, 6.45) is 2.17. The molecule has 0 aliphatic heterocycles. The molecular formula is C19H23ClN2O2. The van der Waals surface area contributed by atoms with Crippen LogP contribution in [0.1, 0.15) is 25.8 Å². The first-order valence-electron chi connectivity index (χ1n) is 8.19. The van der Waals surface area contributed by atoms with Crippen LogP contribution in [0.25, 0.3) is 0 Å². The highest BCUT2D eigenvalue weighted by Crippen LogP contribution is 2.22. The van der Waals surface area contributed by atoms with Gasteiger partial charge in [0.05, 0.1) is 5.88 Å². The van der Waals surface area contributed by atoms with E-state index in [1.54, 1.807) is 24.3 Å². The van der Waals surface area contributed by atoms with Crippen molar-refractivity contribution in [3.05, 3.63) is 59.3 Å². The first-order valence-corrected chi connectivity index (χ1v) is 8.72. The molecule has 0 aliphatic rings. The monoisotopic (exact) mass is 346 g/mol. The van der Waals surface area contributed by atoms with Crippen molar-refractivity contribution in [1.82, 2.24) is 0 Å². The molecule has 0 radical (unpaired) electrons. The lowest BCUT2D eigenvalue weighted by atomic mass is 9.99. The first kappa shape index (κ1) is 18.3. The van der Waals surface area contributed by atoms with Gasteiger partial charge in [0.15, 0.2) is 0 Å². The number of rotatable bonds is 8. The maximum absolute atomic E-state index is 12.2. The Kier molecular flexibility index (Phi) is 7.07. The third kappa shape index (κ3) is 5.53. The molecule has 0 bridgehead atoms. The maximum Gasteiger partial charge on any atom is 0.244 e. The molecule has 24 heavy (non-hydrogen) atoms. The van der Waals surface area contributed by atoms with E-state index in [0.717, 1.165) is 12.8 Å². The van der Waals surface area contributed by atoms with Gasteiger partial charge in [-0.15, -0.1) is 11.6 Å². The summed E-state index contributed by atoms with van der Waals surface area (Å²) in [7, 11) is 0. The van der Waals surface area contributed by atoms with Crippen LogP contribution >= 0.6 is 11.6 Å². The quantitative estimate of drug-likeness (QED) is 0.262. The second-order valence-electron chi connectivity index (χ2n) is 5.79. The van der Waals surface area contributed by atoms with Crippen molar-refractivity contribution < 1.29 is 9.60 Å². The van der Waals surface area contributed by atoms with Gasteiger partial charge in [0.1, 0.15) is 18.0 Å². The third-order valence-corrected chi connectivity index (χ3v) is 3.98. The predicted molar refractivity (Wildman–Crippen MR) is 97.6 cm³/mol. The van der Waals surface area contributed by atoms with E-state index in [2.05, 4.69) is 19.0 Å². The van der Waals surface area contributed by atoms with Crippen molar-refractivity contribution in [2.45, 2.75) is 26.7 Å². The molecule has 128 valence electrons. The average Bonchev–Trinajstić information content (AvgIpc) is 2.61. The summed E-state index contributed by atoms with van der Waals surface area (Å²) in [6.45, 7) is 4.86. The van der Waals surface area contributed by atoms with Gasteiger partial charge in [-0.3, -0.25) is 0 Å². The van der Waals surface area contributed by atoms with E-state index in [1.807, 2.05) is 24.3 Å². The molecule has 1 unspecified atom stereocenters. The fraction of sp³-hybridized carbons (Fsp3) is 0.368. The Hall–Kier alpha value is -2.07. The van der Waals surface area contributed by atoms with Gasteiger partial charge in [0, 0.05) is 17.2 Å². The molecule has 0 fully saturated rings. The molecule has 0 spiro atoms. The average molecular weight is 347 g/mol. The number of alkyl halides is 1. The Bertz CT molecular complexity index is 654. The van der Waals surface area contributed by atoms with Gasteiger partial charge >= 0.3 is 0 Å². The Morgan fingerprint density at radius 3 is 2.38 bits per heavy atom. The van der Waals surface area contributed by atoms with Crippen LogP contribution in [0.5, 0.6) is 5.75 Å². The van der Waals surface area contributed by atoms with E-state index in [0.29, 0.717) is 40.4 Å². The molecule has 1 atom stereocenters. The van der Waals surface area contributed by atoms with Gasteiger partial charge < -0.3 is 9.94 Å². The minimum absolute atomic E-state index is 0.438. The van der Waals surface area contributed by atoms with Crippen LogP contribution in [0, 0.1) is 11.1 Å². The summed E-state index contributed by atoms with van der Waals surface area (Å²) in [5.41, 5.74) is 2.33. The number of benzene rings is 2. The van der Waals surface area contributed by atoms with Gasteiger partial charge in [-0.2, -0.15) is 0 Å². The van der Waals surface area contributed by atoms with E-state index in [1.165, 1.54) is 5.56 Å². The minimum Gasteiger partial charge on any atom is -0.594 e. The SMILES string of the molecule is CCC(C)Cc1ccc([N+]([O-])=Nc2ccc(OCCCl)cc2)cc1. The summed E-state index contributed by atoms with van der Waals surface area (Å²) in [6, 6.07) is 14.6. The number of azo groups is 1. The van der Waals surface area contributed by atoms with Crippen LogP contribution in [0.15, 0.2) is 53.6 Å². The molecule has 0 amide bonds. The molecule has 5 heteroatoms. The van der Waals surface area contributed by atoms with Crippen molar-refractivity contribution in [3.63, 3.8) is 0 Å². The van der Waals surface area contributed by atoms with Gasteiger partial charge in [-0.25, -0.2) is 0 Å². The van der Waals surface area contributed by atoms with Gasteiger partial charge in [-0.05, 0) is 42.2 Å². The van der Waals surface area contributed by atoms with Crippen LogP contribution in [0.4, 0.5) is 11.4 Å². The van der Waals surface area contributed by atoms with E-state index in [-0.39, 0.29) is 0 Å². The Morgan fingerprint density at radius 2 is 1.79 bits per heavy atom. The smallest absolute Gasteiger partial charge is 0.244 e. The molecule has 0 saturated heterocycles. The summed E-state index contributed by atoms with van der Waals surface area (Å²) in [5.74, 6) is 1.79. The van der Waals surface area contributed by atoms with Crippen LogP contribution in [-0.2, 0) is 6.42 Å². The molecule has 4 nitrogen and oxygen atoms in total. The van der Waals surface area contributed by atoms with Crippen molar-refractivity contribution in [1.29, 1.82) is 0 Å². The highest BCUT2D eigenvalue weighted by Gasteiger charge is 2.06. The molecule has 0 aromatic heterocycles. The first-order chi connectivity index (χ1) is 11.6. The molecule has 0 saturated carbocycles. The van der Waals surface area contributed by atoms with Gasteiger partial charge in [0.25, 0.3) is 0 Å². The molecule has 0 aliphatic carbocycles. The third-order valence-electron chi connectivity index (χ3n) is 3.83. The Labute approximate surface area is 148 Å². The summed E-state index contributed by atoms with van der Waals surface area (Å²) in [5, 5.41) is 16.2. The number of hydrogen-bond donors (Lipinski definition) is 0. The minimum atomic E-state index is 0.438. The lowest BCUT2D eigenvalue weighted by Crippen LogP contribution is -1.98. The van der Waals surface area contributed by atoms with E-state index >= 15 is 0 Å². The second-order valence-corrected chi connectivity index (χ2v) is 6.17. The van der Waals surface area contributed by atoms with Crippen LogP contribution < -0.4 is 4.74 Å². The standard InChI is InChI=1S/C19H23ClN2O2/c1-3-15(2)14-16-4-8-18(9-5-16)22(23)21-17-6-10-19(11-7-17)24-13-12-20/h4-11,15H,3,12-14H2,1-2H3. The Balaban J connectivity index is 2.04. The second kappa shape index (κ2) is 9.28. The van der Waals surface area contributed by atoms with E-state index < -0.39 is 0 Å². The fourth-order valence-electron chi connectivity index (χ4n) is 2.23. The number of ether oxygens (including phenoxy) is 1. The van der Waals surface area contributed by atoms with Crippen LogP contribution in [0.3, 0.4) is 0 Å². The Morgan fingerprint density at radius 1 is 1.12 bits per heavy atom. The molecule has 0 heterocycles. The van der Waals surface area contributed by atoms with Crippen molar-refractivity contribution in [3.8, 4) is 5.75 Å². The van der Waals surface area contributed by atoms with Crippen molar-refractivity contribution in [2.24, 2.45) is 11.0 Å². The molecule has 2 aromatic carbocycles. The number of nitrogens with zero attached hydrogens (tertiary/aromatic N) is 2. The van der Waals surface area contributed by atoms with E-state index in [9.17, 15) is 5.21 Å². The number of hydrogen-bond acceptors (Lipinski definition) is 3. The lowest BCUT2D eigenvalue weighted by Gasteiger charge is -2.08. The summed E-state index contributed by atoms with van der Waals surface area (Å²) < 4.78 is 5.39. The fourth-order valence-corrected chi connectivity index (χ4v) is 2.31. The zero-order chi connectivity index (χ0) is 17.4. The zero-order valence-electron chi connectivity index (χ0n) is 14.1. The largest absolute Gasteiger partial charge is 0.594 e. The zero-order valence-corrected chi connectivity index (χ0v) is 14.9. The van der Waals surface area contributed by atoms with Gasteiger partial charge in [-0.1, -0.05) is 37.3 Å². The molecule has 2 rings (SSSR count). The van der Waals surface area contributed by atoms with E-state index in [4.69, 9.17) is 16.3 Å². The molecular weight excluding hydrogens is 324 g/mol.